The molecule has 0 heterocycles. The Balaban J connectivity index is 4.00. The van der Waals surface area contributed by atoms with E-state index in [1.807, 2.05) is 21.1 Å². The molecule has 2 atom stereocenters. The number of esters is 2. The van der Waals surface area contributed by atoms with E-state index < -0.39 is 26.5 Å². The van der Waals surface area contributed by atoms with Crippen molar-refractivity contribution in [1.29, 1.82) is 0 Å². The zero-order valence-electron chi connectivity index (χ0n) is 64.2. The number of likely N-dealkylation sites (N-methyl/N-ethyl adjacent to an activating group) is 1. The van der Waals surface area contributed by atoms with Crippen LogP contribution in [0.4, 0.5) is 0 Å². The first-order valence-corrected chi connectivity index (χ1v) is 42.1. The molecule has 10 heteroatoms. The topological polar surface area (TPSA) is 108 Å². The van der Waals surface area contributed by atoms with Crippen molar-refractivity contribution < 1.29 is 42.1 Å². The number of rotatable bonds is 74. The number of phosphoric acid groups is 1. The maximum atomic E-state index is 12.9. The van der Waals surface area contributed by atoms with Crippen molar-refractivity contribution in [3.8, 4) is 0 Å². The van der Waals surface area contributed by atoms with Crippen LogP contribution < -0.4 is 0 Å². The van der Waals surface area contributed by atoms with E-state index in [-0.39, 0.29) is 32.0 Å². The Hall–Kier alpha value is -4.11. The van der Waals surface area contributed by atoms with Crippen LogP contribution in [0.3, 0.4) is 0 Å². The Morgan fingerprint density at radius 1 is 0.327 bits per heavy atom. The first kappa shape index (κ1) is 93.9. The molecule has 98 heavy (non-hydrogen) atoms. The Bertz CT molecular complexity index is 2170. The lowest BCUT2D eigenvalue weighted by molar-refractivity contribution is -0.870. The summed E-state index contributed by atoms with van der Waals surface area (Å²) >= 11 is 0. The van der Waals surface area contributed by atoms with Gasteiger partial charge >= 0.3 is 19.8 Å². The molecule has 0 radical (unpaired) electrons. The molecule has 0 aliphatic heterocycles. The normalized spacial score (nSPS) is 13.8. The summed E-state index contributed by atoms with van der Waals surface area (Å²) in [6.07, 6.45) is 114. The predicted octanol–water partition coefficient (Wildman–Crippen LogP) is 27.3. The number of quaternary nitrogens is 1. The first-order valence-electron chi connectivity index (χ1n) is 40.6. The molecule has 562 valence electrons. The first-order chi connectivity index (χ1) is 48.0. The van der Waals surface area contributed by atoms with Gasteiger partial charge < -0.3 is 18.9 Å². The maximum Gasteiger partial charge on any atom is 0.472 e. The summed E-state index contributed by atoms with van der Waals surface area (Å²) in [7, 11) is 1.46. The van der Waals surface area contributed by atoms with E-state index in [4.69, 9.17) is 18.5 Å². The number of unbranched alkanes of at least 4 members (excludes halogenated alkanes) is 36. The van der Waals surface area contributed by atoms with Crippen molar-refractivity contribution in [2.45, 2.75) is 354 Å². The molecule has 0 aliphatic carbocycles. The number of hydrogen-bond acceptors (Lipinski definition) is 7. The Kier molecular flexibility index (Phi) is 73.8. The lowest BCUT2D eigenvalue weighted by Gasteiger charge is -2.24. The molecule has 1 N–H and O–H groups in total. The molecular weight excluding hydrogens is 1230 g/mol. The summed E-state index contributed by atoms with van der Waals surface area (Å²) in [4.78, 5) is 36.0. The van der Waals surface area contributed by atoms with Crippen molar-refractivity contribution in [3.63, 3.8) is 0 Å². The van der Waals surface area contributed by atoms with Crippen LogP contribution in [0, 0.1) is 0 Å². The zero-order valence-corrected chi connectivity index (χ0v) is 65.1. The highest BCUT2D eigenvalue weighted by Crippen LogP contribution is 2.43. The Morgan fingerprint density at radius 3 is 0.867 bits per heavy atom. The van der Waals surface area contributed by atoms with Gasteiger partial charge in [0.05, 0.1) is 27.7 Å². The minimum absolute atomic E-state index is 0.0220. The summed E-state index contributed by atoms with van der Waals surface area (Å²) in [6.45, 7) is 4.30. The van der Waals surface area contributed by atoms with Crippen molar-refractivity contribution in [3.05, 3.63) is 146 Å². The van der Waals surface area contributed by atoms with Crippen molar-refractivity contribution in [1.82, 2.24) is 0 Å². The van der Waals surface area contributed by atoms with Gasteiger partial charge in [0.25, 0.3) is 0 Å². The largest absolute Gasteiger partial charge is 0.472 e. The molecule has 0 aromatic rings. The van der Waals surface area contributed by atoms with Crippen molar-refractivity contribution in [2.75, 3.05) is 47.5 Å². The molecule has 0 rings (SSSR count). The fourth-order valence-electron chi connectivity index (χ4n) is 11.2. The molecular formula is C88H153NO8P+. The number of nitrogens with zero attached hydrogens (tertiary/aromatic N) is 1. The van der Waals surface area contributed by atoms with Crippen LogP contribution in [0.25, 0.3) is 0 Å². The summed E-state index contributed by atoms with van der Waals surface area (Å²) in [5.41, 5.74) is 0. The summed E-state index contributed by atoms with van der Waals surface area (Å²) < 4.78 is 34.8. The molecule has 0 fully saturated rings. The second kappa shape index (κ2) is 77.1. The van der Waals surface area contributed by atoms with Crippen LogP contribution >= 0.6 is 7.82 Å². The number of carbonyl (C=O) groups excluding carboxylic acids is 2. The standard InChI is InChI=1S/C88H152NO8P/c1-6-8-10-12-14-16-18-20-22-24-26-28-30-32-34-36-38-40-41-42-43-44-45-46-47-49-50-52-54-56-58-60-62-64-66-68-70-72-74-76-78-80-87(90)94-84-86(85-96-98(92,93)95-83-82-89(3,4)5)97-88(91)81-79-77-75-73-71-69-67-65-63-61-59-57-55-53-51-48-39-37-35-33-31-29-27-25-23-21-19-17-15-13-11-9-7-2/h9,11,15,17-18,20-21,23-24,26-27,29-30,32-33,35,39,48,53,55,59,61,65,67,86H,6-8,10,12-14,16,19,22,25,28,31,34,36-38,40-47,49-52,54,56-58,60,62-64,66,68-85H2,1-5H3/p+1/b11-9-,17-15-,20-18-,23-21-,26-24-,29-27-,32-30-,35-33-,48-39-,55-53-,61-59-,67-65-. The highest BCUT2D eigenvalue weighted by Gasteiger charge is 2.27. The fourth-order valence-corrected chi connectivity index (χ4v) is 11.9. The van der Waals surface area contributed by atoms with Crippen LogP contribution in [0.15, 0.2) is 146 Å². The monoisotopic (exact) mass is 1380 g/mol. The van der Waals surface area contributed by atoms with Gasteiger partial charge in [-0.3, -0.25) is 18.6 Å². The van der Waals surface area contributed by atoms with Gasteiger partial charge in [0.2, 0.25) is 0 Å². The molecule has 0 aromatic carbocycles. The lowest BCUT2D eigenvalue weighted by Crippen LogP contribution is -2.37. The average molecular weight is 1380 g/mol. The van der Waals surface area contributed by atoms with Crippen LogP contribution in [-0.4, -0.2) is 74.9 Å². The van der Waals surface area contributed by atoms with Crippen LogP contribution in [0.5, 0.6) is 0 Å². The third-order valence-corrected chi connectivity index (χ3v) is 18.3. The van der Waals surface area contributed by atoms with E-state index in [0.29, 0.717) is 17.4 Å². The number of carbonyl (C=O) groups is 2. The highest BCUT2D eigenvalue weighted by molar-refractivity contribution is 7.47. The van der Waals surface area contributed by atoms with E-state index >= 15 is 0 Å². The summed E-state index contributed by atoms with van der Waals surface area (Å²) in [5.74, 6) is -0.816. The van der Waals surface area contributed by atoms with Gasteiger partial charge in [-0.15, -0.1) is 0 Å². The maximum absolute atomic E-state index is 12.9. The predicted molar refractivity (Wildman–Crippen MR) is 427 cm³/mol. The fraction of sp³-hybridized carbons (Fsp3) is 0.705. The third kappa shape index (κ3) is 80.9. The van der Waals surface area contributed by atoms with Crippen molar-refractivity contribution in [2.24, 2.45) is 0 Å². The lowest BCUT2D eigenvalue weighted by atomic mass is 10.0. The van der Waals surface area contributed by atoms with Gasteiger partial charge in [-0.2, -0.15) is 0 Å². The molecule has 9 nitrogen and oxygen atoms in total. The van der Waals surface area contributed by atoms with Gasteiger partial charge in [-0.1, -0.05) is 359 Å². The van der Waals surface area contributed by atoms with Crippen LogP contribution in [0.1, 0.15) is 348 Å². The van der Waals surface area contributed by atoms with E-state index in [9.17, 15) is 19.0 Å². The average Bonchev–Trinajstić information content (AvgIpc) is 1.08. The molecule has 0 saturated carbocycles. The second-order valence-corrected chi connectivity index (χ2v) is 29.5. The van der Waals surface area contributed by atoms with Gasteiger partial charge in [-0.25, -0.2) is 4.57 Å². The number of phosphoric ester groups is 1. The van der Waals surface area contributed by atoms with E-state index in [1.54, 1.807) is 0 Å². The molecule has 0 aromatic heterocycles. The van der Waals surface area contributed by atoms with Gasteiger partial charge in [0.15, 0.2) is 6.10 Å². The number of allylic oxidation sites excluding steroid dienone is 24. The Labute approximate surface area is 605 Å². The highest BCUT2D eigenvalue weighted by atomic mass is 31.2. The van der Waals surface area contributed by atoms with Gasteiger partial charge in [0, 0.05) is 12.8 Å². The van der Waals surface area contributed by atoms with Crippen LogP contribution in [-0.2, 0) is 32.7 Å². The number of ether oxygens (including phenoxy) is 2. The van der Waals surface area contributed by atoms with Crippen molar-refractivity contribution >= 4 is 19.8 Å². The molecule has 0 bridgehead atoms. The van der Waals surface area contributed by atoms with Gasteiger partial charge in [-0.05, 0) is 122 Å². The molecule has 0 saturated heterocycles. The van der Waals surface area contributed by atoms with E-state index in [0.717, 1.165) is 122 Å². The van der Waals surface area contributed by atoms with Gasteiger partial charge in [0.1, 0.15) is 19.8 Å². The smallest absolute Gasteiger partial charge is 0.462 e. The molecule has 0 aliphatic rings. The molecule has 2 unspecified atom stereocenters. The zero-order chi connectivity index (χ0) is 71.1. The van der Waals surface area contributed by atoms with Crippen LogP contribution in [0.2, 0.25) is 0 Å². The molecule has 0 spiro atoms. The number of hydrogen-bond donors (Lipinski definition) is 1. The minimum Gasteiger partial charge on any atom is -0.462 e. The van der Waals surface area contributed by atoms with E-state index in [2.05, 4.69) is 160 Å². The Morgan fingerprint density at radius 2 is 0.582 bits per heavy atom. The SMILES string of the molecule is CC/C=C\C/C=C\C/C=C\C/C=C\C/C=C\C/C=C\C/C=C\C/C=C\C/C=C\CCCCCCCC(=O)OC(COC(=O)CCCCCCCCCCCCCCCCCCCCCCCCCCCC/C=C\C/C=C\C/C=C\CCCCCCC)COP(=O)(O)OCC[N+](C)(C)C. The summed E-state index contributed by atoms with van der Waals surface area (Å²) in [5, 5.41) is 0. The van der Waals surface area contributed by atoms with E-state index in [1.165, 1.54) is 193 Å². The minimum atomic E-state index is -4.41. The second-order valence-electron chi connectivity index (χ2n) is 28.1. The molecule has 0 amide bonds. The summed E-state index contributed by atoms with van der Waals surface area (Å²) in [6, 6.07) is 0. The third-order valence-electron chi connectivity index (χ3n) is 17.4. The quantitative estimate of drug-likeness (QED) is 0.0211.